The Morgan fingerprint density at radius 2 is 2.07 bits per heavy atom. The van der Waals surface area contributed by atoms with Crippen molar-refractivity contribution in [3.63, 3.8) is 0 Å². The average molecular weight is 369 g/mol. The van der Waals surface area contributed by atoms with E-state index in [1.54, 1.807) is 6.07 Å². The van der Waals surface area contributed by atoms with Crippen molar-refractivity contribution in [2.24, 2.45) is 0 Å². The summed E-state index contributed by atoms with van der Waals surface area (Å²) in [5.41, 5.74) is 3.16. The quantitative estimate of drug-likeness (QED) is 0.877. The number of carbonyl (C=O) groups excluding carboxylic acids is 1. The van der Waals surface area contributed by atoms with Gasteiger partial charge in [0.25, 0.3) is 5.91 Å². The highest BCUT2D eigenvalue weighted by atomic mass is 16.5. The van der Waals surface area contributed by atoms with Gasteiger partial charge in [-0.25, -0.2) is 0 Å². The number of likely N-dealkylation sites (tertiary alicyclic amines) is 1. The van der Waals surface area contributed by atoms with E-state index in [0.29, 0.717) is 18.7 Å². The molecule has 1 aromatic heterocycles. The van der Waals surface area contributed by atoms with Gasteiger partial charge < -0.3 is 14.5 Å². The fourth-order valence-corrected chi connectivity index (χ4v) is 4.26. The van der Waals surface area contributed by atoms with Gasteiger partial charge in [0.1, 0.15) is 0 Å². The van der Waals surface area contributed by atoms with Gasteiger partial charge in [-0.05, 0) is 43.2 Å². The number of aliphatic hydroxyl groups is 1. The molecule has 2 aliphatic heterocycles. The number of piperidine rings is 1. The maximum Gasteiger partial charge on any atom is 0.276 e. The SMILES string of the molecule is O=C(c1cc(CN2CCc3ccccc3C2)on1)N1CCCCC1CCO. The van der Waals surface area contributed by atoms with E-state index in [-0.39, 0.29) is 18.6 Å². The summed E-state index contributed by atoms with van der Waals surface area (Å²) in [6.07, 6.45) is 4.72. The fourth-order valence-electron chi connectivity index (χ4n) is 4.26. The minimum absolute atomic E-state index is 0.0767. The molecule has 2 aromatic rings. The predicted molar refractivity (Wildman–Crippen MR) is 101 cm³/mol. The molecule has 6 heteroatoms. The second-order valence-electron chi connectivity index (χ2n) is 7.57. The van der Waals surface area contributed by atoms with E-state index in [4.69, 9.17) is 4.52 Å². The van der Waals surface area contributed by atoms with Gasteiger partial charge in [-0.1, -0.05) is 29.4 Å². The van der Waals surface area contributed by atoms with Crippen LogP contribution in [0, 0.1) is 0 Å². The lowest BCUT2D eigenvalue weighted by Crippen LogP contribution is -2.44. The molecule has 4 rings (SSSR count). The molecular formula is C21H27N3O3. The number of rotatable bonds is 5. The number of amides is 1. The molecule has 3 heterocycles. The third-order valence-corrected chi connectivity index (χ3v) is 5.72. The number of fused-ring (bicyclic) bond motifs is 1. The van der Waals surface area contributed by atoms with Crippen molar-refractivity contribution < 1.29 is 14.4 Å². The molecule has 0 aliphatic carbocycles. The molecule has 27 heavy (non-hydrogen) atoms. The summed E-state index contributed by atoms with van der Waals surface area (Å²) in [6, 6.07) is 10.4. The number of benzene rings is 1. The van der Waals surface area contributed by atoms with Crippen molar-refractivity contribution in [2.75, 3.05) is 19.7 Å². The van der Waals surface area contributed by atoms with Gasteiger partial charge in [0, 0.05) is 38.3 Å². The first-order valence-electron chi connectivity index (χ1n) is 9.91. The average Bonchev–Trinajstić information content (AvgIpc) is 3.16. The summed E-state index contributed by atoms with van der Waals surface area (Å²) in [5, 5.41) is 13.3. The Morgan fingerprint density at radius 3 is 2.93 bits per heavy atom. The van der Waals surface area contributed by atoms with Crippen LogP contribution in [0.3, 0.4) is 0 Å². The van der Waals surface area contributed by atoms with Crippen molar-refractivity contribution in [2.45, 2.75) is 51.2 Å². The van der Waals surface area contributed by atoms with Crippen molar-refractivity contribution in [3.8, 4) is 0 Å². The molecule has 1 N–H and O–H groups in total. The van der Waals surface area contributed by atoms with Gasteiger partial charge in [0.15, 0.2) is 11.5 Å². The van der Waals surface area contributed by atoms with Crippen LogP contribution in [-0.4, -0.2) is 51.7 Å². The second-order valence-corrected chi connectivity index (χ2v) is 7.57. The molecule has 1 amide bonds. The lowest BCUT2D eigenvalue weighted by molar-refractivity contribution is 0.0564. The molecule has 144 valence electrons. The zero-order valence-corrected chi connectivity index (χ0v) is 15.6. The Kier molecular flexibility index (Phi) is 5.55. The monoisotopic (exact) mass is 369 g/mol. The van der Waals surface area contributed by atoms with E-state index >= 15 is 0 Å². The Balaban J connectivity index is 1.40. The first-order chi connectivity index (χ1) is 13.2. The normalized spacial score (nSPS) is 20.5. The van der Waals surface area contributed by atoms with Gasteiger partial charge in [0.05, 0.1) is 6.54 Å². The maximum atomic E-state index is 12.9. The number of hydrogen-bond donors (Lipinski definition) is 1. The molecule has 2 aliphatic rings. The highest BCUT2D eigenvalue weighted by Gasteiger charge is 2.29. The molecular weight excluding hydrogens is 342 g/mol. The number of hydrogen-bond acceptors (Lipinski definition) is 5. The maximum absolute atomic E-state index is 12.9. The zero-order valence-electron chi connectivity index (χ0n) is 15.6. The van der Waals surface area contributed by atoms with Gasteiger partial charge in [-0.15, -0.1) is 0 Å². The van der Waals surface area contributed by atoms with Gasteiger partial charge in [0.2, 0.25) is 0 Å². The lowest BCUT2D eigenvalue weighted by Gasteiger charge is -2.35. The Labute approximate surface area is 159 Å². The van der Waals surface area contributed by atoms with Crippen LogP contribution in [0.5, 0.6) is 0 Å². The Hall–Kier alpha value is -2.18. The molecule has 1 saturated heterocycles. The second kappa shape index (κ2) is 8.23. The van der Waals surface area contributed by atoms with E-state index < -0.39 is 0 Å². The standard InChI is InChI=1S/C21H27N3O3/c25-12-9-18-7-3-4-10-24(18)21(26)20-13-19(27-22-20)15-23-11-8-16-5-1-2-6-17(16)14-23/h1-2,5-6,13,18,25H,3-4,7-12,14-15H2. The Bertz CT molecular complexity index is 786. The molecule has 1 fully saturated rings. The lowest BCUT2D eigenvalue weighted by atomic mass is 9.99. The van der Waals surface area contributed by atoms with Crippen molar-refractivity contribution in [1.82, 2.24) is 15.0 Å². The molecule has 0 saturated carbocycles. The summed E-state index contributed by atoms with van der Waals surface area (Å²) in [5.74, 6) is 0.653. The molecule has 1 aromatic carbocycles. The van der Waals surface area contributed by atoms with E-state index in [1.807, 2.05) is 4.90 Å². The number of aromatic nitrogens is 1. The largest absolute Gasteiger partial charge is 0.396 e. The third kappa shape index (κ3) is 4.06. The fraction of sp³-hybridized carbons (Fsp3) is 0.524. The zero-order chi connectivity index (χ0) is 18.6. The number of carbonyl (C=O) groups is 1. The molecule has 6 nitrogen and oxygen atoms in total. The topological polar surface area (TPSA) is 69.8 Å². The first-order valence-corrected chi connectivity index (χ1v) is 9.91. The van der Waals surface area contributed by atoms with Crippen LogP contribution in [0.25, 0.3) is 0 Å². The van der Waals surface area contributed by atoms with Crippen LogP contribution in [0.1, 0.15) is 53.1 Å². The van der Waals surface area contributed by atoms with E-state index in [1.165, 1.54) is 11.1 Å². The molecule has 1 unspecified atom stereocenters. The van der Waals surface area contributed by atoms with Crippen molar-refractivity contribution >= 4 is 5.91 Å². The highest BCUT2D eigenvalue weighted by molar-refractivity contribution is 5.92. The minimum atomic E-state index is -0.0767. The summed E-state index contributed by atoms with van der Waals surface area (Å²) in [6.45, 7) is 3.37. The third-order valence-electron chi connectivity index (χ3n) is 5.72. The molecule has 0 bridgehead atoms. The Morgan fingerprint density at radius 1 is 1.22 bits per heavy atom. The summed E-state index contributed by atoms with van der Waals surface area (Å²) in [4.78, 5) is 17.0. The summed E-state index contributed by atoms with van der Waals surface area (Å²) >= 11 is 0. The van der Waals surface area contributed by atoms with E-state index in [0.717, 1.165) is 51.1 Å². The van der Waals surface area contributed by atoms with Crippen LogP contribution < -0.4 is 0 Å². The number of nitrogens with zero attached hydrogens (tertiary/aromatic N) is 3. The van der Waals surface area contributed by atoms with Crippen LogP contribution in [0.4, 0.5) is 0 Å². The van der Waals surface area contributed by atoms with Crippen molar-refractivity contribution in [3.05, 3.63) is 52.9 Å². The van der Waals surface area contributed by atoms with Gasteiger partial charge in [-0.3, -0.25) is 9.69 Å². The van der Waals surface area contributed by atoms with Crippen LogP contribution in [-0.2, 0) is 19.5 Å². The van der Waals surface area contributed by atoms with Gasteiger partial charge >= 0.3 is 0 Å². The summed E-state index contributed by atoms with van der Waals surface area (Å²) < 4.78 is 5.47. The molecule has 0 spiro atoms. The molecule has 1 atom stereocenters. The number of aliphatic hydroxyl groups excluding tert-OH is 1. The minimum Gasteiger partial charge on any atom is -0.396 e. The predicted octanol–water partition coefficient (Wildman–Crippen LogP) is 2.61. The van der Waals surface area contributed by atoms with Gasteiger partial charge in [-0.2, -0.15) is 0 Å². The van der Waals surface area contributed by atoms with Crippen molar-refractivity contribution in [1.29, 1.82) is 0 Å². The smallest absolute Gasteiger partial charge is 0.276 e. The van der Waals surface area contributed by atoms with E-state index in [9.17, 15) is 9.90 Å². The van der Waals surface area contributed by atoms with E-state index in [2.05, 4.69) is 34.3 Å². The van der Waals surface area contributed by atoms with Crippen LogP contribution >= 0.6 is 0 Å². The summed E-state index contributed by atoms with van der Waals surface area (Å²) in [7, 11) is 0. The molecule has 0 radical (unpaired) electrons. The van der Waals surface area contributed by atoms with Crippen LogP contribution in [0.15, 0.2) is 34.9 Å². The first kappa shape index (κ1) is 18.2. The highest BCUT2D eigenvalue weighted by Crippen LogP contribution is 2.23. The van der Waals surface area contributed by atoms with Crippen LogP contribution in [0.2, 0.25) is 0 Å².